The normalized spacial score (nSPS) is 12.6. The molecule has 0 radical (unpaired) electrons. The van der Waals surface area contributed by atoms with Gasteiger partial charge in [0.2, 0.25) is 0 Å². The van der Waals surface area contributed by atoms with Gasteiger partial charge in [0.05, 0.1) is 11.2 Å². The molecule has 0 amide bonds. The molecule has 3 aromatic carbocycles. The molecule has 0 bridgehead atoms. The molecule has 160 valence electrons. The number of para-hydroxylation sites is 2. The largest absolute Gasteiger partial charge is 0.453 e. The first-order valence-corrected chi connectivity index (χ1v) is 10.9. The molecule has 5 aromatic rings. The predicted octanol–water partition coefficient (Wildman–Crippen LogP) is 5.66. The van der Waals surface area contributed by atoms with Crippen molar-refractivity contribution >= 4 is 21.9 Å². The summed E-state index contributed by atoms with van der Waals surface area (Å²) in [6, 6.07) is 26.3. The number of rotatable bonds is 6. The number of hydrogen-bond donors (Lipinski definition) is 1. The topological polar surface area (TPSA) is 68.2 Å². The number of aromatic nitrogens is 2. The standard InChI is InChI=1S/C27H26N4O/c1-31(2)16-15-22(28)26-21-13-8-12-20(18-9-4-3-5-10-18)25(21)29-27(30-26)24-17-19-11-6-7-14-23(19)32-24/h3-14,17,22H,15-16,28H2,1-2H3. The zero-order chi connectivity index (χ0) is 22.1. The minimum atomic E-state index is -0.211. The Morgan fingerprint density at radius 1 is 0.906 bits per heavy atom. The SMILES string of the molecule is CN(C)CCC(N)c1nc(-c2cc3ccccc3o2)nc2c(-c3ccccc3)cccc12. The van der Waals surface area contributed by atoms with Crippen LogP contribution in [0.25, 0.3) is 44.6 Å². The number of fused-ring (bicyclic) bond motifs is 2. The van der Waals surface area contributed by atoms with Crippen molar-refractivity contribution in [3.63, 3.8) is 0 Å². The number of hydrogen-bond acceptors (Lipinski definition) is 5. The predicted molar refractivity (Wildman–Crippen MR) is 130 cm³/mol. The summed E-state index contributed by atoms with van der Waals surface area (Å²) in [5, 5.41) is 2.01. The van der Waals surface area contributed by atoms with E-state index in [2.05, 4.69) is 49.3 Å². The lowest BCUT2D eigenvalue weighted by molar-refractivity contribution is 0.381. The maximum absolute atomic E-state index is 6.67. The van der Waals surface area contributed by atoms with Crippen LogP contribution in [-0.2, 0) is 0 Å². The second-order valence-corrected chi connectivity index (χ2v) is 8.35. The minimum Gasteiger partial charge on any atom is -0.453 e. The monoisotopic (exact) mass is 422 g/mol. The highest BCUT2D eigenvalue weighted by Gasteiger charge is 2.19. The minimum absolute atomic E-state index is 0.211. The number of nitrogens with zero attached hydrogens (tertiary/aromatic N) is 3. The van der Waals surface area contributed by atoms with Crippen LogP contribution < -0.4 is 5.73 Å². The fraction of sp³-hybridized carbons (Fsp3) is 0.185. The van der Waals surface area contributed by atoms with Gasteiger partial charge in [0.15, 0.2) is 11.6 Å². The summed E-state index contributed by atoms with van der Waals surface area (Å²) >= 11 is 0. The molecule has 0 saturated heterocycles. The van der Waals surface area contributed by atoms with E-state index in [0.29, 0.717) is 11.6 Å². The van der Waals surface area contributed by atoms with Crippen molar-refractivity contribution in [2.75, 3.05) is 20.6 Å². The van der Waals surface area contributed by atoms with Crippen molar-refractivity contribution in [2.24, 2.45) is 5.73 Å². The van der Waals surface area contributed by atoms with Crippen LogP contribution in [0, 0.1) is 0 Å². The van der Waals surface area contributed by atoms with E-state index in [1.807, 2.05) is 48.5 Å². The van der Waals surface area contributed by atoms with E-state index in [4.69, 9.17) is 20.1 Å². The van der Waals surface area contributed by atoms with Gasteiger partial charge in [0.25, 0.3) is 0 Å². The summed E-state index contributed by atoms with van der Waals surface area (Å²) in [5.74, 6) is 1.21. The Hall–Kier alpha value is -3.54. The van der Waals surface area contributed by atoms with Crippen molar-refractivity contribution in [1.82, 2.24) is 14.9 Å². The highest BCUT2D eigenvalue weighted by atomic mass is 16.3. The number of benzene rings is 3. The van der Waals surface area contributed by atoms with Gasteiger partial charge in [0.1, 0.15) is 5.58 Å². The van der Waals surface area contributed by atoms with Gasteiger partial charge in [-0.3, -0.25) is 0 Å². The summed E-state index contributed by atoms with van der Waals surface area (Å²) in [6.45, 7) is 0.880. The molecule has 5 nitrogen and oxygen atoms in total. The fourth-order valence-electron chi connectivity index (χ4n) is 4.05. The van der Waals surface area contributed by atoms with E-state index in [1.54, 1.807) is 0 Å². The first-order valence-electron chi connectivity index (χ1n) is 10.9. The van der Waals surface area contributed by atoms with Crippen LogP contribution in [0.5, 0.6) is 0 Å². The van der Waals surface area contributed by atoms with E-state index >= 15 is 0 Å². The Labute approximate surface area is 187 Å². The Morgan fingerprint density at radius 2 is 1.69 bits per heavy atom. The summed E-state index contributed by atoms with van der Waals surface area (Å²) in [7, 11) is 4.11. The summed E-state index contributed by atoms with van der Waals surface area (Å²) in [5.41, 5.74) is 11.4. The number of nitrogens with two attached hydrogens (primary N) is 1. The molecule has 2 heterocycles. The Kier molecular flexibility index (Phi) is 5.43. The van der Waals surface area contributed by atoms with Crippen LogP contribution in [0.4, 0.5) is 0 Å². The molecule has 1 atom stereocenters. The van der Waals surface area contributed by atoms with Crippen LogP contribution in [0.2, 0.25) is 0 Å². The maximum atomic E-state index is 6.67. The van der Waals surface area contributed by atoms with Crippen LogP contribution >= 0.6 is 0 Å². The molecule has 32 heavy (non-hydrogen) atoms. The number of furan rings is 1. The lowest BCUT2D eigenvalue weighted by Crippen LogP contribution is -2.21. The Balaban J connectivity index is 1.73. The summed E-state index contributed by atoms with van der Waals surface area (Å²) < 4.78 is 6.11. The fourth-order valence-corrected chi connectivity index (χ4v) is 4.05. The first kappa shape index (κ1) is 20.4. The molecule has 1 unspecified atom stereocenters. The average Bonchev–Trinajstić information content (AvgIpc) is 3.26. The van der Waals surface area contributed by atoms with Crippen molar-refractivity contribution in [2.45, 2.75) is 12.5 Å². The second-order valence-electron chi connectivity index (χ2n) is 8.35. The van der Waals surface area contributed by atoms with Gasteiger partial charge >= 0.3 is 0 Å². The molecule has 2 N–H and O–H groups in total. The van der Waals surface area contributed by atoms with E-state index in [1.165, 1.54) is 0 Å². The van der Waals surface area contributed by atoms with E-state index in [0.717, 1.165) is 51.7 Å². The quantitative estimate of drug-likeness (QED) is 0.382. The molecule has 5 heteroatoms. The zero-order valence-electron chi connectivity index (χ0n) is 18.3. The molecular weight excluding hydrogens is 396 g/mol. The highest BCUT2D eigenvalue weighted by Crippen LogP contribution is 2.34. The van der Waals surface area contributed by atoms with Gasteiger partial charge in [-0.05, 0) is 44.8 Å². The molecular formula is C27H26N4O. The van der Waals surface area contributed by atoms with Gasteiger partial charge in [-0.2, -0.15) is 0 Å². The Morgan fingerprint density at radius 3 is 2.47 bits per heavy atom. The van der Waals surface area contributed by atoms with Gasteiger partial charge in [-0.15, -0.1) is 0 Å². The van der Waals surface area contributed by atoms with Gasteiger partial charge in [-0.1, -0.05) is 66.7 Å². The van der Waals surface area contributed by atoms with E-state index < -0.39 is 0 Å². The lowest BCUT2D eigenvalue weighted by Gasteiger charge is -2.18. The van der Waals surface area contributed by atoms with Crippen molar-refractivity contribution in [1.29, 1.82) is 0 Å². The molecule has 0 aliphatic heterocycles. The molecule has 2 aromatic heterocycles. The molecule has 0 spiro atoms. The third-order valence-corrected chi connectivity index (χ3v) is 5.73. The van der Waals surface area contributed by atoms with E-state index in [9.17, 15) is 0 Å². The average molecular weight is 423 g/mol. The molecule has 0 aliphatic rings. The first-order chi connectivity index (χ1) is 15.6. The summed E-state index contributed by atoms with van der Waals surface area (Å²) in [6.07, 6.45) is 0.800. The van der Waals surface area contributed by atoms with Crippen molar-refractivity contribution in [3.8, 4) is 22.7 Å². The zero-order valence-corrected chi connectivity index (χ0v) is 18.3. The van der Waals surface area contributed by atoms with Crippen molar-refractivity contribution < 1.29 is 4.42 Å². The summed E-state index contributed by atoms with van der Waals surface area (Å²) in [4.78, 5) is 12.1. The molecule has 0 aliphatic carbocycles. The Bertz CT molecular complexity index is 1340. The molecule has 0 fully saturated rings. The van der Waals surface area contributed by atoms with Crippen LogP contribution in [0.1, 0.15) is 18.2 Å². The molecule has 0 saturated carbocycles. The van der Waals surface area contributed by atoms with Crippen molar-refractivity contribution in [3.05, 3.63) is 84.6 Å². The van der Waals surface area contributed by atoms with Gasteiger partial charge in [0, 0.05) is 22.4 Å². The third kappa shape index (κ3) is 3.88. The van der Waals surface area contributed by atoms with E-state index in [-0.39, 0.29) is 6.04 Å². The smallest absolute Gasteiger partial charge is 0.196 e. The highest BCUT2D eigenvalue weighted by molar-refractivity contribution is 5.96. The second kappa shape index (κ2) is 8.54. The lowest BCUT2D eigenvalue weighted by atomic mass is 9.98. The van der Waals surface area contributed by atoms with Crippen LogP contribution in [0.15, 0.2) is 83.3 Å². The van der Waals surface area contributed by atoms with Crippen LogP contribution in [0.3, 0.4) is 0 Å². The van der Waals surface area contributed by atoms with Gasteiger partial charge in [-0.25, -0.2) is 9.97 Å². The maximum Gasteiger partial charge on any atom is 0.196 e. The van der Waals surface area contributed by atoms with Crippen LogP contribution in [-0.4, -0.2) is 35.5 Å². The third-order valence-electron chi connectivity index (χ3n) is 5.73. The van der Waals surface area contributed by atoms with Gasteiger partial charge < -0.3 is 15.1 Å². The molecule has 5 rings (SSSR count).